The summed E-state index contributed by atoms with van der Waals surface area (Å²) in [6.45, 7) is 10.5. The molecule has 4 aliphatic rings. The van der Waals surface area contributed by atoms with Crippen LogP contribution < -0.4 is 20.3 Å². The first-order chi connectivity index (χ1) is 20.4. The van der Waals surface area contributed by atoms with E-state index in [2.05, 4.69) is 64.9 Å². The number of rotatable bonds is 7. The van der Waals surface area contributed by atoms with Crippen molar-refractivity contribution in [2.24, 2.45) is 17.6 Å². The summed E-state index contributed by atoms with van der Waals surface area (Å²) < 4.78 is 6.54. The van der Waals surface area contributed by atoms with E-state index < -0.39 is 0 Å². The largest absolute Gasteiger partial charge is 0.461 e. The number of nitrogens with zero attached hydrogens (tertiary/aromatic N) is 5. The molecule has 5 heterocycles. The van der Waals surface area contributed by atoms with Crippen molar-refractivity contribution in [2.45, 2.75) is 70.9 Å². The Morgan fingerprint density at radius 2 is 1.83 bits per heavy atom. The maximum Gasteiger partial charge on any atom is 0.318 e. The Labute approximate surface area is 249 Å². The second kappa shape index (κ2) is 11.0. The van der Waals surface area contributed by atoms with Gasteiger partial charge in [-0.25, -0.2) is 0 Å². The van der Waals surface area contributed by atoms with Gasteiger partial charge in [-0.1, -0.05) is 44.2 Å². The molecule has 0 saturated carbocycles. The normalized spacial score (nSPS) is 23.7. The highest BCUT2D eigenvalue weighted by Crippen LogP contribution is 2.40. The van der Waals surface area contributed by atoms with Gasteiger partial charge in [0.2, 0.25) is 5.91 Å². The molecule has 7 rings (SSSR count). The highest BCUT2D eigenvalue weighted by molar-refractivity contribution is 5.97. The van der Waals surface area contributed by atoms with Crippen molar-refractivity contribution in [3.8, 4) is 6.01 Å². The summed E-state index contributed by atoms with van der Waals surface area (Å²) in [5.41, 5.74) is 10.8. The highest BCUT2D eigenvalue weighted by atomic mass is 16.5. The number of aromatic nitrogens is 2. The molecule has 0 aliphatic carbocycles. The molecular weight excluding hydrogens is 524 g/mol. The van der Waals surface area contributed by atoms with E-state index in [4.69, 9.17) is 20.4 Å². The van der Waals surface area contributed by atoms with Crippen molar-refractivity contribution >= 4 is 28.2 Å². The van der Waals surface area contributed by atoms with Gasteiger partial charge in [0.25, 0.3) is 0 Å². The number of fused-ring (bicyclic) bond motifs is 3. The summed E-state index contributed by atoms with van der Waals surface area (Å²) in [4.78, 5) is 29.8. The molecule has 0 bridgehead atoms. The molecule has 8 heteroatoms. The Bertz CT molecular complexity index is 1480. The minimum absolute atomic E-state index is 0.127. The highest BCUT2D eigenvalue weighted by Gasteiger charge is 2.45. The molecule has 4 aliphatic heterocycles. The van der Waals surface area contributed by atoms with Crippen LogP contribution in [0.3, 0.4) is 0 Å². The number of primary amides is 1. The minimum atomic E-state index is -0.221. The minimum Gasteiger partial charge on any atom is -0.461 e. The zero-order chi connectivity index (χ0) is 28.8. The molecule has 1 amide bonds. The molecule has 42 heavy (non-hydrogen) atoms. The Morgan fingerprint density at radius 1 is 1.05 bits per heavy atom. The Balaban J connectivity index is 1.25. The average molecular weight is 569 g/mol. The van der Waals surface area contributed by atoms with Crippen LogP contribution in [0.25, 0.3) is 10.8 Å². The summed E-state index contributed by atoms with van der Waals surface area (Å²) >= 11 is 0. The van der Waals surface area contributed by atoms with Gasteiger partial charge in [0.05, 0.1) is 23.7 Å². The van der Waals surface area contributed by atoms with Crippen LogP contribution >= 0.6 is 0 Å². The molecular formula is C34H44N6O2. The van der Waals surface area contributed by atoms with E-state index in [1.54, 1.807) is 0 Å². The summed E-state index contributed by atoms with van der Waals surface area (Å²) in [5, 5.41) is 2.62. The first-order valence-corrected chi connectivity index (χ1v) is 16.0. The van der Waals surface area contributed by atoms with Gasteiger partial charge in [-0.15, -0.1) is 0 Å². The molecule has 2 aromatic carbocycles. The summed E-state index contributed by atoms with van der Waals surface area (Å²) in [6.07, 6.45) is 7.51. The van der Waals surface area contributed by atoms with Crippen molar-refractivity contribution < 1.29 is 9.53 Å². The maximum atomic E-state index is 12.3. The fraction of sp³-hybridized carbons (Fsp3) is 0.559. The Kier molecular flexibility index (Phi) is 7.21. The number of carbonyl (C=O) groups excluding carboxylic acids is 1. The predicted molar refractivity (Wildman–Crippen MR) is 167 cm³/mol. The lowest BCUT2D eigenvalue weighted by Crippen LogP contribution is -2.46. The smallest absolute Gasteiger partial charge is 0.318 e. The van der Waals surface area contributed by atoms with E-state index in [-0.39, 0.29) is 17.4 Å². The van der Waals surface area contributed by atoms with Crippen LogP contribution in [-0.4, -0.2) is 65.6 Å². The molecule has 222 valence electrons. The summed E-state index contributed by atoms with van der Waals surface area (Å²) in [6, 6.07) is 13.7. The first-order valence-electron chi connectivity index (χ1n) is 16.0. The summed E-state index contributed by atoms with van der Waals surface area (Å²) in [5.74, 6) is 0.906. The van der Waals surface area contributed by atoms with Crippen LogP contribution in [0.4, 0.5) is 11.5 Å². The second-order valence-electron chi connectivity index (χ2n) is 13.1. The van der Waals surface area contributed by atoms with E-state index in [1.165, 1.54) is 66.4 Å². The Morgan fingerprint density at radius 3 is 2.60 bits per heavy atom. The molecule has 1 aromatic heterocycles. The predicted octanol–water partition coefficient (Wildman–Crippen LogP) is 4.71. The van der Waals surface area contributed by atoms with Gasteiger partial charge in [-0.3, -0.25) is 9.69 Å². The van der Waals surface area contributed by atoms with Gasteiger partial charge in [0.1, 0.15) is 12.4 Å². The second-order valence-corrected chi connectivity index (χ2v) is 13.1. The van der Waals surface area contributed by atoms with Gasteiger partial charge >= 0.3 is 6.01 Å². The third-order valence-corrected chi connectivity index (χ3v) is 10.4. The lowest BCUT2D eigenvalue weighted by molar-refractivity contribution is -0.122. The van der Waals surface area contributed by atoms with Crippen molar-refractivity contribution in [3.05, 3.63) is 53.2 Å². The van der Waals surface area contributed by atoms with Crippen molar-refractivity contribution in [1.82, 2.24) is 14.9 Å². The molecule has 2 N–H and O–H groups in total. The van der Waals surface area contributed by atoms with Gasteiger partial charge < -0.3 is 20.3 Å². The topological polar surface area (TPSA) is 87.8 Å². The molecule has 3 fully saturated rings. The molecule has 8 nitrogen and oxygen atoms in total. The third kappa shape index (κ3) is 4.87. The van der Waals surface area contributed by atoms with Crippen molar-refractivity contribution in [3.63, 3.8) is 0 Å². The van der Waals surface area contributed by atoms with Crippen LogP contribution in [0.5, 0.6) is 6.01 Å². The van der Waals surface area contributed by atoms with Gasteiger partial charge in [-0.05, 0) is 81.0 Å². The molecule has 2 unspecified atom stereocenters. The number of nitrogens with two attached hydrogens (primary N) is 1. The maximum absolute atomic E-state index is 12.3. The zero-order valence-electron chi connectivity index (χ0n) is 25.1. The van der Waals surface area contributed by atoms with Crippen molar-refractivity contribution in [2.75, 3.05) is 49.1 Å². The number of anilines is 2. The van der Waals surface area contributed by atoms with Crippen LogP contribution in [-0.2, 0) is 24.2 Å². The number of hydrogen-bond donors (Lipinski definition) is 1. The van der Waals surface area contributed by atoms with Gasteiger partial charge in [-0.2, -0.15) is 9.97 Å². The number of hydrogen-bond acceptors (Lipinski definition) is 7. The number of carbonyl (C=O) groups is 1. The lowest BCUT2D eigenvalue weighted by atomic mass is 9.89. The molecule has 2 atom stereocenters. The quantitative estimate of drug-likeness (QED) is 0.442. The number of amides is 1. The molecule has 3 saturated heterocycles. The fourth-order valence-corrected chi connectivity index (χ4v) is 8.27. The van der Waals surface area contributed by atoms with Crippen LogP contribution in [0.1, 0.15) is 62.8 Å². The molecule has 0 radical (unpaired) electrons. The summed E-state index contributed by atoms with van der Waals surface area (Å²) in [7, 11) is 0. The average Bonchev–Trinajstić information content (AvgIpc) is 3.59. The van der Waals surface area contributed by atoms with E-state index in [9.17, 15) is 4.79 Å². The lowest BCUT2D eigenvalue weighted by Gasteiger charge is -2.39. The van der Waals surface area contributed by atoms with E-state index in [1.807, 2.05) is 0 Å². The van der Waals surface area contributed by atoms with Crippen LogP contribution in [0.15, 0.2) is 36.4 Å². The molecule has 0 spiro atoms. The first kappa shape index (κ1) is 27.4. The van der Waals surface area contributed by atoms with E-state index in [0.29, 0.717) is 31.6 Å². The van der Waals surface area contributed by atoms with Gasteiger partial charge in [0, 0.05) is 36.3 Å². The molecule has 3 aromatic rings. The monoisotopic (exact) mass is 568 g/mol. The number of aryl methyl sites for hydroxylation is 1. The van der Waals surface area contributed by atoms with E-state index >= 15 is 0 Å². The van der Waals surface area contributed by atoms with Gasteiger partial charge in [0.15, 0.2) is 0 Å². The number of benzene rings is 2. The third-order valence-electron chi connectivity index (χ3n) is 10.4. The Hall–Kier alpha value is -3.39. The number of piperidine rings is 1. The van der Waals surface area contributed by atoms with Crippen LogP contribution in [0.2, 0.25) is 0 Å². The SMILES string of the molecule is CCc1cccc2cccc(N3CCc4c(nc(OCC56CCCN5CCC6)nc4N4CC(C)CC(C(N)=O)C4)C3)c12. The van der Waals surface area contributed by atoms with Crippen molar-refractivity contribution in [1.29, 1.82) is 0 Å². The number of ether oxygens (including phenoxy) is 1. The van der Waals surface area contributed by atoms with E-state index in [0.717, 1.165) is 43.9 Å². The standard InChI is InChI=1S/C34H44N6O2/c1-3-24-8-4-9-25-10-5-11-29(30(24)25)38-17-12-27-28(21-38)36-33(42-22-34-13-6-15-40(34)16-7-14-34)37-32(27)39-19-23(2)18-26(20-39)31(35)41/h4-5,8-11,23,26H,3,6-7,12-22H2,1-2H3,(H2,35,41). The van der Waals surface area contributed by atoms with Crippen LogP contribution in [0, 0.1) is 11.8 Å². The fourth-order valence-electron chi connectivity index (χ4n) is 8.27. The zero-order valence-corrected chi connectivity index (χ0v) is 25.1.